The summed E-state index contributed by atoms with van der Waals surface area (Å²) in [5, 5.41) is 5.72. The van der Waals surface area contributed by atoms with Crippen molar-refractivity contribution in [3.8, 4) is 40.4 Å². The fourth-order valence-corrected chi connectivity index (χ4v) is 14.9. The molecule has 374 valence electrons. The number of aromatic nitrogens is 8. The molecule has 2 saturated heterocycles. The van der Waals surface area contributed by atoms with Gasteiger partial charge in [0.1, 0.15) is 39.6 Å². The lowest BCUT2D eigenvalue weighted by Crippen LogP contribution is -2.71. The van der Waals surface area contributed by atoms with Crippen LogP contribution in [-0.2, 0) is 27.2 Å². The van der Waals surface area contributed by atoms with Gasteiger partial charge in [0.15, 0.2) is 11.6 Å². The number of nitrogens with zero attached hydrogens (tertiary/aromatic N) is 10. The number of fused-ring (bicyclic) bond motifs is 4. The second-order valence-electron chi connectivity index (χ2n) is 22.1. The van der Waals surface area contributed by atoms with Crippen molar-refractivity contribution in [3.63, 3.8) is 0 Å². The van der Waals surface area contributed by atoms with Gasteiger partial charge in [-0.05, 0) is 130 Å². The van der Waals surface area contributed by atoms with E-state index in [9.17, 15) is 18.4 Å². The number of rotatable bonds is 13. The third-order valence-corrected chi connectivity index (χ3v) is 18.4. The highest BCUT2D eigenvalue weighted by atomic mass is 19.3. The number of hydrogen-bond donors (Lipinski definition) is 1. The third-order valence-electron chi connectivity index (χ3n) is 18.4. The number of hydrogen-bond acceptors (Lipinski definition) is 10. The standard InChI is InChI=1S/C55H55F2N11O5/c1-6-65-37(16-28-10-12-43(61-49(28)65)73-54(56)57)50-58-34-15-31(20-41(72-5)46(34)63(50)2)53(70)68-25-33-21-55(22-39(68)45(33)55)62-42-11-9-27-17-38(66(48(27)60-42)23-26-7-8-26)51-59-35-14-30(19-40(71-4)47(35)64(51)3)52(69)67-24-32-13-29-18-36(67)44(29)32/h9-12,14-17,19-20,26,29,32-33,36,39,44-45,54H,6-8,13,18,21-25H2,1-5H3,(H,60,62)/t29?,32-,33-,36-,39-,44-,45-,55?/m1/s1. The van der Waals surface area contributed by atoms with Gasteiger partial charge in [0, 0.05) is 91.8 Å². The molecule has 16 nitrogen and oxygen atoms in total. The Morgan fingerprint density at radius 3 is 1.95 bits per heavy atom. The van der Waals surface area contributed by atoms with Gasteiger partial charge in [-0.25, -0.2) is 15.0 Å². The van der Waals surface area contributed by atoms with E-state index in [4.69, 9.17) is 24.4 Å². The average Bonchev–Trinajstić information content (AvgIpc) is 3.68. The molecule has 2 aromatic carbocycles. The Morgan fingerprint density at radius 1 is 0.726 bits per heavy atom. The molecule has 18 heteroatoms. The first-order chi connectivity index (χ1) is 35.4. The molecular weight excluding hydrogens is 933 g/mol. The molecule has 8 aromatic rings. The van der Waals surface area contributed by atoms with Crippen LogP contribution in [0.5, 0.6) is 17.4 Å². The molecule has 7 aliphatic rings. The molecule has 73 heavy (non-hydrogen) atoms. The summed E-state index contributed by atoms with van der Waals surface area (Å²) in [5.74, 6) is 6.78. The van der Waals surface area contributed by atoms with Crippen LogP contribution in [0.2, 0.25) is 0 Å². The van der Waals surface area contributed by atoms with Crippen LogP contribution in [0, 0.1) is 35.5 Å². The van der Waals surface area contributed by atoms with Gasteiger partial charge in [-0.1, -0.05) is 0 Å². The van der Waals surface area contributed by atoms with E-state index in [1.54, 1.807) is 20.3 Å². The minimum Gasteiger partial charge on any atom is -0.494 e. The molecule has 15 rings (SSSR count). The topological polar surface area (TPSA) is 152 Å². The fraction of sp³-hybridized carbons (Fsp3) is 0.455. The maximum atomic E-state index is 14.6. The fourth-order valence-electron chi connectivity index (χ4n) is 14.9. The van der Waals surface area contributed by atoms with E-state index in [-0.39, 0.29) is 29.3 Å². The molecule has 8 heterocycles. The molecule has 7 fully saturated rings. The van der Waals surface area contributed by atoms with Gasteiger partial charge in [-0.15, -0.1) is 0 Å². The molecule has 5 saturated carbocycles. The van der Waals surface area contributed by atoms with E-state index in [1.807, 2.05) is 60.5 Å². The number of alkyl halides is 2. The number of imidazole rings is 2. The highest BCUT2D eigenvalue weighted by Crippen LogP contribution is 2.65. The Bertz CT molecular complexity index is 3700. The van der Waals surface area contributed by atoms with Crippen LogP contribution in [0.1, 0.15) is 66.2 Å². The number of amides is 2. The van der Waals surface area contributed by atoms with Crippen LogP contribution in [0.3, 0.4) is 0 Å². The van der Waals surface area contributed by atoms with Gasteiger partial charge in [0.2, 0.25) is 5.88 Å². The Kier molecular flexibility index (Phi) is 9.01. The van der Waals surface area contributed by atoms with Gasteiger partial charge in [0.25, 0.3) is 11.8 Å². The molecule has 2 unspecified atom stereocenters. The highest BCUT2D eigenvalue weighted by Gasteiger charge is 2.71. The SMILES string of the molecule is CCn1c(-c2nc3cc(C(=O)N4C[C@H]5CC6(Nc7ccc8cc(-c9nc%10cc(C(=O)N%11C[C@H]%12CC%13C[C@@H]%11[C@H]%13%12)cc(OC)c%10n9C)n(CC9CC9)c8n7)C[C@@H]4[C@@H]56)cc(OC)c3n2C)cc2ccc(OC(F)F)nc21. The van der Waals surface area contributed by atoms with Crippen LogP contribution in [0.4, 0.5) is 14.6 Å². The van der Waals surface area contributed by atoms with Crippen molar-refractivity contribution in [2.45, 2.75) is 82.8 Å². The highest BCUT2D eigenvalue weighted by molar-refractivity contribution is 6.02. The summed E-state index contributed by atoms with van der Waals surface area (Å²) >= 11 is 0. The molecule has 0 spiro atoms. The number of anilines is 1. The van der Waals surface area contributed by atoms with Crippen molar-refractivity contribution in [3.05, 3.63) is 71.8 Å². The van der Waals surface area contributed by atoms with Crippen molar-refractivity contribution >= 4 is 61.8 Å². The van der Waals surface area contributed by atoms with E-state index in [0.29, 0.717) is 88.3 Å². The zero-order chi connectivity index (χ0) is 49.5. The zero-order valence-corrected chi connectivity index (χ0v) is 41.3. The summed E-state index contributed by atoms with van der Waals surface area (Å²) in [4.78, 5) is 52.9. The Morgan fingerprint density at radius 2 is 1.34 bits per heavy atom. The number of ether oxygens (including phenoxy) is 3. The summed E-state index contributed by atoms with van der Waals surface area (Å²) in [6.07, 6.45) is 6.54. The molecule has 5 aliphatic carbocycles. The number of methoxy groups -OCH3 is 2. The predicted molar refractivity (Wildman–Crippen MR) is 269 cm³/mol. The van der Waals surface area contributed by atoms with Crippen molar-refractivity contribution in [2.24, 2.45) is 49.6 Å². The quantitative estimate of drug-likeness (QED) is 0.119. The lowest BCUT2D eigenvalue weighted by Gasteiger charge is -2.63. The lowest BCUT2D eigenvalue weighted by molar-refractivity contribution is -0.0526. The van der Waals surface area contributed by atoms with Gasteiger partial charge in [-0.3, -0.25) is 9.59 Å². The van der Waals surface area contributed by atoms with E-state index in [0.717, 1.165) is 94.3 Å². The van der Waals surface area contributed by atoms with Crippen molar-refractivity contribution in [1.82, 2.24) is 48.0 Å². The summed E-state index contributed by atoms with van der Waals surface area (Å²) in [5.41, 5.74) is 7.13. The van der Waals surface area contributed by atoms with Crippen LogP contribution >= 0.6 is 0 Å². The second-order valence-corrected chi connectivity index (χ2v) is 22.1. The van der Waals surface area contributed by atoms with Gasteiger partial charge < -0.3 is 47.6 Å². The first kappa shape index (κ1) is 43.4. The number of benzene rings is 2. The Hall–Kier alpha value is -7.24. The molecule has 1 N–H and O–H groups in total. The van der Waals surface area contributed by atoms with Gasteiger partial charge in [-0.2, -0.15) is 13.8 Å². The molecule has 6 aromatic heterocycles. The number of halogens is 2. The third kappa shape index (κ3) is 6.08. The molecule has 8 atom stereocenters. The average molecular weight is 988 g/mol. The number of carbonyl (C=O) groups excluding carboxylic acids is 2. The van der Waals surface area contributed by atoms with Crippen LogP contribution < -0.4 is 19.5 Å². The number of carbonyl (C=O) groups is 2. The summed E-state index contributed by atoms with van der Waals surface area (Å²) in [6, 6.07) is 19.5. The van der Waals surface area contributed by atoms with E-state index in [2.05, 4.69) is 52.2 Å². The zero-order valence-electron chi connectivity index (χ0n) is 41.3. The molecule has 0 radical (unpaired) electrons. The number of pyridine rings is 2. The van der Waals surface area contributed by atoms with Crippen LogP contribution in [0.25, 0.3) is 67.2 Å². The summed E-state index contributed by atoms with van der Waals surface area (Å²) in [7, 11) is 7.20. The normalized spacial score (nSPS) is 26.3. The second kappa shape index (κ2) is 15.2. The van der Waals surface area contributed by atoms with Crippen LogP contribution in [0.15, 0.2) is 60.7 Å². The molecule has 0 bridgehead atoms. The Balaban J connectivity index is 0.696. The van der Waals surface area contributed by atoms with Crippen molar-refractivity contribution in [1.29, 1.82) is 0 Å². The number of likely N-dealkylation sites (tertiary alicyclic amines) is 2. The maximum absolute atomic E-state index is 14.6. The minimum absolute atomic E-state index is 0.0409. The first-order valence-corrected chi connectivity index (χ1v) is 25.9. The van der Waals surface area contributed by atoms with E-state index in [1.165, 1.54) is 25.3 Å². The Labute approximate surface area is 418 Å². The maximum Gasteiger partial charge on any atom is 0.388 e. The number of aryl methyl sites for hydroxylation is 3. The van der Waals surface area contributed by atoms with Gasteiger partial charge >= 0.3 is 6.61 Å². The smallest absolute Gasteiger partial charge is 0.388 e. The summed E-state index contributed by atoms with van der Waals surface area (Å²) in [6.45, 7) is 1.87. The van der Waals surface area contributed by atoms with Crippen molar-refractivity contribution < 1.29 is 32.6 Å². The monoisotopic (exact) mass is 987 g/mol. The largest absolute Gasteiger partial charge is 0.494 e. The first-order valence-electron chi connectivity index (χ1n) is 25.9. The van der Waals surface area contributed by atoms with Gasteiger partial charge in [0.05, 0.1) is 36.6 Å². The lowest BCUT2D eigenvalue weighted by atomic mass is 9.47. The predicted octanol–water partition coefficient (Wildman–Crippen LogP) is 8.74. The molecule has 2 aliphatic heterocycles. The van der Waals surface area contributed by atoms with E-state index >= 15 is 0 Å². The molecule has 2 amide bonds. The molecular formula is C55H55F2N11O5. The number of nitrogens with one attached hydrogen (secondary N) is 1. The van der Waals surface area contributed by atoms with Crippen molar-refractivity contribution in [2.75, 3.05) is 32.6 Å². The minimum atomic E-state index is -2.98. The van der Waals surface area contributed by atoms with E-state index < -0.39 is 6.61 Å². The summed E-state index contributed by atoms with van der Waals surface area (Å²) < 4.78 is 50.9. The van der Waals surface area contributed by atoms with Crippen LogP contribution in [-0.4, -0.2) is 111 Å².